The first-order chi connectivity index (χ1) is 7.10. The molecule has 0 atom stereocenters. The van der Waals surface area contributed by atoms with Crippen molar-refractivity contribution >= 4 is 21.9 Å². The van der Waals surface area contributed by atoms with Crippen LogP contribution in [0.4, 0.5) is 0 Å². The molecule has 0 spiro atoms. The largest absolute Gasteiger partial charge is 0.480 e. The van der Waals surface area contributed by atoms with Crippen LogP contribution < -0.4 is 4.74 Å². The van der Waals surface area contributed by atoms with Gasteiger partial charge in [-0.2, -0.15) is 0 Å². The zero-order chi connectivity index (χ0) is 11.4. The number of carboxylic acid groups (broad SMARTS) is 1. The number of carbonyl (C=O) groups is 1. The van der Waals surface area contributed by atoms with Crippen LogP contribution in [-0.4, -0.2) is 23.2 Å². The van der Waals surface area contributed by atoms with E-state index in [2.05, 4.69) is 20.9 Å². The minimum absolute atomic E-state index is 0.0666. The molecule has 1 heterocycles. The average molecular weight is 274 g/mol. The maximum absolute atomic E-state index is 10.9. The summed E-state index contributed by atoms with van der Waals surface area (Å²) < 4.78 is 5.63. The van der Waals surface area contributed by atoms with Crippen LogP contribution in [0.1, 0.15) is 29.4 Å². The Kier molecular flexibility index (Phi) is 4.08. The highest BCUT2D eigenvalue weighted by atomic mass is 79.9. The predicted molar refractivity (Wildman–Crippen MR) is 59.4 cm³/mol. The Morgan fingerprint density at radius 1 is 1.67 bits per heavy atom. The van der Waals surface area contributed by atoms with Gasteiger partial charge in [0.05, 0.1) is 11.6 Å². The first kappa shape index (κ1) is 12.0. The summed E-state index contributed by atoms with van der Waals surface area (Å²) in [6, 6.07) is 1.75. The fraction of sp³-hybridized carbons (Fsp3) is 0.400. The van der Waals surface area contributed by atoms with Gasteiger partial charge in [0.2, 0.25) is 5.88 Å². The van der Waals surface area contributed by atoms with E-state index < -0.39 is 5.97 Å². The van der Waals surface area contributed by atoms with Gasteiger partial charge in [0.1, 0.15) is 0 Å². The van der Waals surface area contributed by atoms with Gasteiger partial charge < -0.3 is 9.84 Å². The van der Waals surface area contributed by atoms with Gasteiger partial charge in [0.25, 0.3) is 0 Å². The Balaban J connectivity index is 3.25. The van der Waals surface area contributed by atoms with Crippen LogP contribution in [0.5, 0.6) is 5.88 Å². The summed E-state index contributed by atoms with van der Waals surface area (Å²) >= 11 is 3.28. The molecule has 0 aromatic carbocycles. The van der Waals surface area contributed by atoms with Crippen molar-refractivity contribution in [2.75, 3.05) is 7.11 Å². The number of carboxylic acids is 1. The summed E-state index contributed by atoms with van der Waals surface area (Å²) in [6.07, 6.45) is 1.57. The SMILES string of the molecule is CCCc1cc(Br)c(OC)nc1C(=O)O. The van der Waals surface area contributed by atoms with Crippen LogP contribution in [0.25, 0.3) is 0 Å². The molecule has 0 aliphatic rings. The molecule has 1 N–H and O–H groups in total. The second-order valence-corrected chi connectivity index (χ2v) is 3.90. The summed E-state index contributed by atoms with van der Waals surface area (Å²) in [7, 11) is 1.46. The first-order valence-corrected chi connectivity index (χ1v) is 5.36. The van der Waals surface area contributed by atoms with Crippen molar-refractivity contribution in [1.29, 1.82) is 0 Å². The molecule has 0 unspecified atom stereocenters. The van der Waals surface area contributed by atoms with Crippen molar-refractivity contribution in [3.05, 3.63) is 21.8 Å². The number of methoxy groups -OCH3 is 1. The number of hydrogen-bond donors (Lipinski definition) is 1. The van der Waals surface area contributed by atoms with Crippen molar-refractivity contribution < 1.29 is 14.6 Å². The van der Waals surface area contributed by atoms with Crippen molar-refractivity contribution in [3.8, 4) is 5.88 Å². The molecule has 1 aromatic rings. The normalized spacial score (nSPS) is 10.1. The van der Waals surface area contributed by atoms with E-state index in [-0.39, 0.29) is 5.69 Å². The molecule has 4 nitrogen and oxygen atoms in total. The lowest BCUT2D eigenvalue weighted by atomic mass is 10.1. The topological polar surface area (TPSA) is 59.4 Å². The summed E-state index contributed by atoms with van der Waals surface area (Å²) in [5, 5.41) is 8.97. The van der Waals surface area contributed by atoms with E-state index in [0.29, 0.717) is 16.8 Å². The van der Waals surface area contributed by atoms with Crippen LogP contribution in [0, 0.1) is 0 Å². The molecule has 0 radical (unpaired) electrons. The molecule has 5 heteroatoms. The summed E-state index contributed by atoms with van der Waals surface area (Å²) in [5.74, 6) is -0.725. The standard InChI is InChI=1S/C10H12BrNO3/c1-3-4-6-5-7(11)9(15-2)12-8(6)10(13)14/h5H,3-4H2,1-2H3,(H,13,14). The van der Waals surface area contributed by atoms with Gasteiger partial charge in [-0.3, -0.25) is 0 Å². The number of aromatic nitrogens is 1. The van der Waals surface area contributed by atoms with Crippen LogP contribution in [0.2, 0.25) is 0 Å². The average Bonchev–Trinajstić information content (AvgIpc) is 2.18. The van der Waals surface area contributed by atoms with Crippen molar-refractivity contribution in [2.24, 2.45) is 0 Å². The molecular formula is C10H12BrNO3. The van der Waals surface area contributed by atoms with Gasteiger partial charge in [0, 0.05) is 0 Å². The lowest BCUT2D eigenvalue weighted by Gasteiger charge is -2.08. The highest BCUT2D eigenvalue weighted by Gasteiger charge is 2.15. The van der Waals surface area contributed by atoms with E-state index in [4.69, 9.17) is 9.84 Å². The minimum Gasteiger partial charge on any atom is -0.480 e. The molecule has 0 aliphatic carbocycles. The number of hydrogen-bond acceptors (Lipinski definition) is 3. The Morgan fingerprint density at radius 3 is 2.80 bits per heavy atom. The number of halogens is 1. The fourth-order valence-electron chi connectivity index (χ4n) is 1.30. The highest BCUT2D eigenvalue weighted by molar-refractivity contribution is 9.10. The molecule has 0 fully saturated rings. The zero-order valence-electron chi connectivity index (χ0n) is 8.58. The molecule has 1 aromatic heterocycles. The number of ether oxygens (including phenoxy) is 1. The lowest BCUT2D eigenvalue weighted by Crippen LogP contribution is -2.07. The van der Waals surface area contributed by atoms with Gasteiger partial charge in [-0.15, -0.1) is 0 Å². The van der Waals surface area contributed by atoms with Crippen molar-refractivity contribution in [3.63, 3.8) is 0 Å². The Bertz CT molecular complexity index is 379. The molecule has 15 heavy (non-hydrogen) atoms. The van der Waals surface area contributed by atoms with E-state index in [1.165, 1.54) is 7.11 Å². The Morgan fingerprint density at radius 2 is 2.33 bits per heavy atom. The number of pyridine rings is 1. The summed E-state index contributed by atoms with van der Waals surface area (Å²) in [6.45, 7) is 1.99. The van der Waals surface area contributed by atoms with E-state index in [1.807, 2.05) is 6.92 Å². The molecule has 0 saturated heterocycles. The zero-order valence-corrected chi connectivity index (χ0v) is 10.2. The molecule has 0 saturated carbocycles. The minimum atomic E-state index is -1.02. The third kappa shape index (κ3) is 2.68. The van der Waals surface area contributed by atoms with Crippen molar-refractivity contribution in [1.82, 2.24) is 4.98 Å². The molecule has 0 aliphatic heterocycles. The monoisotopic (exact) mass is 273 g/mol. The quantitative estimate of drug-likeness (QED) is 0.916. The van der Waals surface area contributed by atoms with E-state index in [9.17, 15) is 4.79 Å². The second-order valence-electron chi connectivity index (χ2n) is 3.04. The first-order valence-electron chi connectivity index (χ1n) is 4.56. The Labute approximate surface area is 96.4 Å². The fourth-order valence-corrected chi connectivity index (χ4v) is 1.82. The molecule has 82 valence electrons. The third-order valence-electron chi connectivity index (χ3n) is 1.94. The van der Waals surface area contributed by atoms with Gasteiger partial charge in [-0.1, -0.05) is 13.3 Å². The van der Waals surface area contributed by atoms with Gasteiger partial charge >= 0.3 is 5.97 Å². The van der Waals surface area contributed by atoms with Gasteiger partial charge in [0.15, 0.2) is 5.69 Å². The molecule has 1 rings (SSSR count). The third-order valence-corrected chi connectivity index (χ3v) is 2.51. The number of rotatable bonds is 4. The maximum Gasteiger partial charge on any atom is 0.354 e. The van der Waals surface area contributed by atoms with E-state index in [1.54, 1.807) is 6.07 Å². The van der Waals surface area contributed by atoms with E-state index >= 15 is 0 Å². The molecule has 0 amide bonds. The van der Waals surface area contributed by atoms with Crippen LogP contribution in [-0.2, 0) is 6.42 Å². The number of aromatic carboxylic acids is 1. The van der Waals surface area contributed by atoms with Gasteiger partial charge in [-0.25, -0.2) is 9.78 Å². The molecule has 0 bridgehead atoms. The van der Waals surface area contributed by atoms with Gasteiger partial charge in [-0.05, 0) is 34.0 Å². The predicted octanol–water partition coefficient (Wildman–Crippen LogP) is 2.50. The lowest BCUT2D eigenvalue weighted by molar-refractivity contribution is 0.0688. The molecular weight excluding hydrogens is 262 g/mol. The van der Waals surface area contributed by atoms with Crippen molar-refractivity contribution in [2.45, 2.75) is 19.8 Å². The maximum atomic E-state index is 10.9. The summed E-state index contributed by atoms with van der Waals surface area (Å²) in [4.78, 5) is 14.9. The van der Waals surface area contributed by atoms with Crippen LogP contribution >= 0.6 is 15.9 Å². The van der Waals surface area contributed by atoms with Crippen LogP contribution in [0.3, 0.4) is 0 Å². The highest BCUT2D eigenvalue weighted by Crippen LogP contribution is 2.25. The number of aryl methyl sites for hydroxylation is 1. The number of nitrogens with zero attached hydrogens (tertiary/aromatic N) is 1. The second kappa shape index (κ2) is 5.11. The smallest absolute Gasteiger partial charge is 0.354 e. The Hall–Kier alpha value is -1.10. The van der Waals surface area contributed by atoms with Crippen LogP contribution in [0.15, 0.2) is 10.5 Å². The summed E-state index contributed by atoms with van der Waals surface area (Å²) in [5.41, 5.74) is 0.787. The van der Waals surface area contributed by atoms with E-state index in [0.717, 1.165) is 12.0 Å².